The Labute approximate surface area is 110 Å². The van der Waals surface area contributed by atoms with E-state index in [2.05, 4.69) is 15.5 Å². The van der Waals surface area contributed by atoms with Gasteiger partial charge in [-0.05, 0) is 47.0 Å². The molecule has 5 nitrogen and oxygen atoms in total. The zero-order valence-electron chi connectivity index (χ0n) is 11.9. The van der Waals surface area contributed by atoms with Crippen LogP contribution in [0.1, 0.15) is 26.2 Å². The van der Waals surface area contributed by atoms with E-state index in [-0.39, 0.29) is 11.9 Å². The number of amides is 1. The Hall–Kier alpha value is -0.650. The Morgan fingerprint density at radius 1 is 1.44 bits per heavy atom. The molecule has 0 radical (unpaired) electrons. The molecule has 0 spiro atoms. The maximum absolute atomic E-state index is 11.7. The van der Waals surface area contributed by atoms with Crippen molar-refractivity contribution < 1.29 is 9.53 Å². The first-order chi connectivity index (χ1) is 8.58. The van der Waals surface area contributed by atoms with Crippen LogP contribution in [0.15, 0.2) is 0 Å². The van der Waals surface area contributed by atoms with Gasteiger partial charge < -0.3 is 20.3 Å². The molecule has 1 unspecified atom stereocenters. The predicted octanol–water partition coefficient (Wildman–Crippen LogP) is 0.211. The van der Waals surface area contributed by atoms with Crippen molar-refractivity contribution in [2.75, 3.05) is 40.3 Å². The van der Waals surface area contributed by atoms with Gasteiger partial charge in [-0.3, -0.25) is 4.79 Å². The first kappa shape index (κ1) is 15.4. The highest BCUT2D eigenvalue weighted by atomic mass is 16.5. The van der Waals surface area contributed by atoms with Crippen molar-refractivity contribution in [2.45, 2.75) is 38.3 Å². The maximum Gasteiger partial charge on any atom is 0.222 e. The first-order valence-corrected chi connectivity index (χ1v) is 6.84. The van der Waals surface area contributed by atoms with E-state index in [0.717, 1.165) is 32.5 Å². The van der Waals surface area contributed by atoms with Gasteiger partial charge in [-0.2, -0.15) is 0 Å². The molecule has 0 aliphatic carbocycles. The Bertz CT molecular complexity index is 240. The van der Waals surface area contributed by atoms with Crippen LogP contribution in [0.3, 0.4) is 0 Å². The summed E-state index contributed by atoms with van der Waals surface area (Å²) in [5.74, 6) is 0.0817. The fourth-order valence-electron chi connectivity index (χ4n) is 2.22. The molecule has 2 N–H and O–H groups in total. The van der Waals surface area contributed by atoms with E-state index >= 15 is 0 Å². The van der Waals surface area contributed by atoms with Crippen LogP contribution in [0.2, 0.25) is 0 Å². The Morgan fingerprint density at radius 3 is 2.72 bits per heavy atom. The zero-order chi connectivity index (χ0) is 13.4. The van der Waals surface area contributed by atoms with Crippen molar-refractivity contribution >= 4 is 5.91 Å². The molecule has 18 heavy (non-hydrogen) atoms. The first-order valence-electron chi connectivity index (χ1n) is 6.84. The van der Waals surface area contributed by atoms with Crippen molar-refractivity contribution in [3.05, 3.63) is 0 Å². The molecule has 0 bridgehead atoms. The van der Waals surface area contributed by atoms with Gasteiger partial charge in [0.1, 0.15) is 0 Å². The van der Waals surface area contributed by atoms with E-state index in [1.807, 2.05) is 21.0 Å². The number of carbonyl (C=O) groups excluding carboxylic acids is 1. The summed E-state index contributed by atoms with van der Waals surface area (Å²) in [5, 5.41) is 6.27. The third-order valence-corrected chi connectivity index (χ3v) is 3.02. The van der Waals surface area contributed by atoms with Crippen LogP contribution < -0.4 is 10.6 Å². The van der Waals surface area contributed by atoms with Crippen molar-refractivity contribution in [3.8, 4) is 0 Å². The molecule has 0 aromatic rings. The van der Waals surface area contributed by atoms with E-state index in [9.17, 15) is 4.79 Å². The lowest BCUT2D eigenvalue weighted by atomic mass is 10.1. The molecule has 1 aliphatic heterocycles. The quantitative estimate of drug-likeness (QED) is 0.685. The minimum absolute atomic E-state index is 0.0817. The Balaban J connectivity index is 2.05. The van der Waals surface area contributed by atoms with Crippen molar-refractivity contribution in [2.24, 2.45) is 0 Å². The number of nitrogens with zero attached hydrogens (tertiary/aromatic N) is 1. The number of piperidine rings is 1. The number of hydrogen-bond donors (Lipinski definition) is 2. The van der Waals surface area contributed by atoms with Crippen LogP contribution in [-0.4, -0.2) is 63.3 Å². The standard InChI is InChI=1S/C13H27N3O2/c1-11(10-16(2)3)15-13(17)6-9-18-12-4-7-14-8-5-12/h11-12,14H,4-10H2,1-3H3,(H,15,17). The molecule has 0 aromatic heterocycles. The second-order valence-corrected chi connectivity index (χ2v) is 5.30. The van der Waals surface area contributed by atoms with Crippen LogP contribution >= 0.6 is 0 Å². The molecular formula is C13H27N3O2. The van der Waals surface area contributed by atoms with Crippen LogP contribution in [-0.2, 0) is 9.53 Å². The molecule has 1 rings (SSSR count). The molecule has 0 saturated carbocycles. The topological polar surface area (TPSA) is 53.6 Å². The van der Waals surface area contributed by atoms with Crippen molar-refractivity contribution in [3.63, 3.8) is 0 Å². The van der Waals surface area contributed by atoms with Gasteiger partial charge in [0.2, 0.25) is 5.91 Å². The van der Waals surface area contributed by atoms with Gasteiger partial charge >= 0.3 is 0 Å². The molecule has 1 aliphatic rings. The highest BCUT2D eigenvalue weighted by Gasteiger charge is 2.14. The molecule has 106 valence electrons. The normalized spacial score (nSPS) is 18.9. The van der Waals surface area contributed by atoms with E-state index < -0.39 is 0 Å². The van der Waals surface area contributed by atoms with Crippen molar-refractivity contribution in [1.29, 1.82) is 0 Å². The molecule has 5 heteroatoms. The number of nitrogens with one attached hydrogen (secondary N) is 2. The summed E-state index contributed by atoms with van der Waals surface area (Å²) in [6.45, 7) is 5.46. The molecular weight excluding hydrogens is 230 g/mol. The highest BCUT2D eigenvalue weighted by molar-refractivity contribution is 5.76. The second kappa shape index (κ2) is 8.45. The monoisotopic (exact) mass is 257 g/mol. The third-order valence-electron chi connectivity index (χ3n) is 3.02. The molecule has 1 fully saturated rings. The highest BCUT2D eigenvalue weighted by Crippen LogP contribution is 2.07. The van der Waals surface area contributed by atoms with E-state index in [4.69, 9.17) is 4.74 Å². The Kier molecular flexibility index (Phi) is 7.23. The minimum atomic E-state index is 0.0817. The summed E-state index contributed by atoms with van der Waals surface area (Å²) in [6, 6.07) is 0.186. The van der Waals surface area contributed by atoms with Gasteiger partial charge in [-0.25, -0.2) is 0 Å². The van der Waals surface area contributed by atoms with Gasteiger partial charge in [0.05, 0.1) is 12.7 Å². The summed E-state index contributed by atoms with van der Waals surface area (Å²) in [5.41, 5.74) is 0. The van der Waals surface area contributed by atoms with E-state index in [1.54, 1.807) is 0 Å². The number of likely N-dealkylation sites (N-methyl/N-ethyl adjacent to an activating group) is 1. The predicted molar refractivity (Wildman–Crippen MR) is 72.6 cm³/mol. The minimum Gasteiger partial charge on any atom is -0.378 e. The number of hydrogen-bond acceptors (Lipinski definition) is 4. The third kappa shape index (κ3) is 6.93. The summed E-state index contributed by atoms with van der Waals surface area (Å²) >= 11 is 0. The van der Waals surface area contributed by atoms with Gasteiger partial charge in [-0.15, -0.1) is 0 Å². The van der Waals surface area contributed by atoms with E-state index in [1.165, 1.54) is 0 Å². The van der Waals surface area contributed by atoms with Crippen LogP contribution in [0.25, 0.3) is 0 Å². The molecule has 1 heterocycles. The summed E-state index contributed by atoms with van der Waals surface area (Å²) in [6.07, 6.45) is 2.90. The summed E-state index contributed by atoms with van der Waals surface area (Å²) < 4.78 is 5.71. The number of carbonyl (C=O) groups is 1. The SMILES string of the molecule is CC(CN(C)C)NC(=O)CCOC1CCNCC1. The van der Waals surface area contributed by atoms with E-state index in [0.29, 0.717) is 19.1 Å². The second-order valence-electron chi connectivity index (χ2n) is 5.30. The summed E-state index contributed by atoms with van der Waals surface area (Å²) in [4.78, 5) is 13.7. The number of ether oxygens (including phenoxy) is 1. The average Bonchev–Trinajstić information content (AvgIpc) is 2.29. The fraction of sp³-hybridized carbons (Fsp3) is 0.923. The molecule has 0 aromatic carbocycles. The van der Waals surface area contributed by atoms with Gasteiger partial charge in [-0.1, -0.05) is 0 Å². The average molecular weight is 257 g/mol. The maximum atomic E-state index is 11.7. The van der Waals surface area contributed by atoms with Gasteiger partial charge in [0.15, 0.2) is 0 Å². The van der Waals surface area contributed by atoms with Crippen molar-refractivity contribution in [1.82, 2.24) is 15.5 Å². The number of rotatable bonds is 7. The molecule has 1 saturated heterocycles. The lowest BCUT2D eigenvalue weighted by molar-refractivity contribution is -0.123. The van der Waals surface area contributed by atoms with Gasteiger partial charge in [0.25, 0.3) is 0 Å². The van der Waals surface area contributed by atoms with Crippen LogP contribution in [0.4, 0.5) is 0 Å². The van der Waals surface area contributed by atoms with Crippen LogP contribution in [0, 0.1) is 0 Å². The lowest BCUT2D eigenvalue weighted by Gasteiger charge is -2.23. The van der Waals surface area contributed by atoms with Gasteiger partial charge in [0, 0.05) is 19.0 Å². The summed E-state index contributed by atoms with van der Waals surface area (Å²) in [7, 11) is 4.01. The molecule has 1 amide bonds. The Morgan fingerprint density at radius 2 is 2.11 bits per heavy atom. The molecule has 1 atom stereocenters. The largest absolute Gasteiger partial charge is 0.378 e. The fourth-order valence-corrected chi connectivity index (χ4v) is 2.22. The smallest absolute Gasteiger partial charge is 0.222 e. The van der Waals surface area contributed by atoms with Crippen LogP contribution in [0.5, 0.6) is 0 Å². The lowest BCUT2D eigenvalue weighted by Crippen LogP contribution is -2.40. The zero-order valence-corrected chi connectivity index (χ0v) is 11.9.